The van der Waals surface area contributed by atoms with Crippen LogP contribution in [0.2, 0.25) is 10.0 Å². The lowest BCUT2D eigenvalue weighted by atomic mass is 9.60. The molecule has 3 aliphatic carbocycles. The first kappa shape index (κ1) is 22.3. The van der Waals surface area contributed by atoms with Gasteiger partial charge in [-0.05, 0) is 68.8 Å². The molecule has 1 unspecified atom stereocenters. The maximum atomic E-state index is 12.6. The number of aromatic nitrogens is 1. The maximum absolute atomic E-state index is 12.6. The Balaban J connectivity index is 1.34. The zero-order valence-electron chi connectivity index (χ0n) is 16.9. The van der Waals surface area contributed by atoms with Crippen LogP contribution in [0.15, 0.2) is 24.3 Å². The van der Waals surface area contributed by atoms with E-state index in [2.05, 4.69) is 15.0 Å². The molecular weight excluding hydrogens is 461 g/mol. The van der Waals surface area contributed by atoms with Gasteiger partial charge in [0.25, 0.3) is 11.8 Å². The molecule has 3 saturated carbocycles. The van der Waals surface area contributed by atoms with Crippen molar-refractivity contribution in [1.29, 1.82) is 0 Å². The third-order valence-electron chi connectivity index (χ3n) is 6.20. The minimum Gasteiger partial charge on any atom is -0.484 e. The second-order valence-electron chi connectivity index (χ2n) is 8.36. The molecule has 3 fully saturated rings. The molecule has 1 aromatic heterocycles. The second kappa shape index (κ2) is 8.58. The van der Waals surface area contributed by atoms with Crippen molar-refractivity contribution in [3.05, 3.63) is 44.9 Å². The summed E-state index contributed by atoms with van der Waals surface area (Å²) in [5.74, 6) is -0.0372. The average molecular weight is 484 g/mol. The van der Waals surface area contributed by atoms with Crippen molar-refractivity contribution < 1.29 is 19.4 Å². The number of ether oxygens (including phenoxy) is 1. The van der Waals surface area contributed by atoms with Crippen LogP contribution in [-0.4, -0.2) is 45.1 Å². The number of aliphatic hydroxyl groups excluding tert-OH is 1. The molecule has 166 valence electrons. The minimum absolute atomic E-state index is 0.161. The number of hydrogen-bond acceptors (Lipinski definition) is 6. The van der Waals surface area contributed by atoms with Gasteiger partial charge in [-0.15, -0.1) is 0 Å². The average Bonchev–Trinajstić information content (AvgIpc) is 3.17. The Morgan fingerprint density at radius 3 is 2.55 bits per heavy atom. The largest absolute Gasteiger partial charge is 0.484 e. The number of fused-ring (bicyclic) bond motifs is 3. The standard InChI is InChI=1S/C21H23Cl2N3O4S/c1-12-8-16(31-26-12)19(29)25-20-4-6-21(7-5-20,17(27)10-20)24-18(28)11-30-13-2-3-14(22)15(23)9-13/h2-3,8-9,17,27H,4-7,10-11H2,1H3,(H,24,28)(H,25,29). The Hall–Kier alpha value is -1.87. The summed E-state index contributed by atoms with van der Waals surface area (Å²) in [7, 11) is 0. The fourth-order valence-corrected chi connectivity index (χ4v) is 5.40. The van der Waals surface area contributed by atoms with E-state index in [9.17, 15) is 14.7 Å². The number of benzene rings is 1. The molecule has 1 aromatic carbocycles. The van der Waals surface area contributed by atoms with Crippen LogP contribution in [0, 0.1) is 6.92 Å². The number of carbonyl (C=O) groups excluding carboxylic acids is 2. The topological polar surface area (TPSA) is 101 Å². The molecule has 10 heteroatoms. The molecule has 1 atom stereocenters. The summed E-state index contributed by atoms with van der Waals surface area (Å²) in [4.78, 5) is 25.7. The Kier molecular flexibility index (Phi) is 6.18. The van der Waals surface area contributed by atoms with Crippen LogP contribution in [0.1, 0.15) is 47.5 Å². The van der Waals surface area contributed by atoms with Gasteiger partial charge in [0.05, 0.1) is 27.4 Å². The maximum Gasteiger partial charge on any atom is 0.263 e. The van der Waals surface area contributed by atoms with Crippen LogP contribution in [0.25, 0.3) is 0 Å². The number of nitrogens with zero attached hydrogens (tertiary/aromatic N) is 1. The number of carbonyl (C=O) groups is 2. The van der Waals surface area contributed by atoms with Gasteiger partial charge in [-0.2, -0.15) is 4.37 Å². The van der Waals surface area contributed by atoms with Crippen LogP contribution in [0.5, 0.6) is 5.75 Å². The van der Waals surface area contributed by atoms with Crippen molar-refractivity contribution in [3.63, 3.8) is 0 Å². The number of aliphatic hydroxyl groups is 1. The van der Waals surface area contributed by atoms with Gasteiger partial charge in [0.2, 0.25) is 0 Å². The van der Waals surface area contributed by atoms with E-state index in [1.165, 1.54) is 11.5 Å². The number of amides is 2. The highest BCUT2D eigenvalue weighted by Gasteiger charge is 2.55. The van der Waals surface area contributed by atoms with E-state index in [1.807, 2.05) is 6.92 Å². The molecule has 2 amide bonds. The smallest absolute Gasteiger partial charge is 0.263 e. The zero-order chi connectivity index (χ0) is 22.2. The Morgan fingerprint density at radius 2 is 1.94 bits per heavy atom. The third kappa shape index (κ3) is 4.67. The Bertz CT molecular complexity index is 1000. The zero-order valence-corrected chi connectivity index (χ0v) is 19.2. The number of aryl methyl sites for hydroxylation is 1. The SMILES string of the molecule is Cc1cc(C(=O)NC23CCC(NC(=O)COc4ccc(Cl)c(Cl)c4)(CC2)C(O)C3)sn1. The van der Waals surface area contributed by atoms with E-state index in [4.69, 9.17) is 27.9 Å². The van der Waals surface area contributed by atoms with E-state index in [0.717, 1.165) is 5.69 Å². The molecule has 31 heavy (non-hydrogen) atoms. The molecule has 7 nitrogen and oxygen atoms in total. The summed E-state index contributed by atoms with van der Waals surface area (Å²) in [6.45, 7) is 1.65. The normalized spacial score (nSPS) is 27.0. The van der Waals surface area contributed by atoms with Gasteiger partial charge < -0.3 is 20.5 Å². The quantitative estimate of drug-likeness (QED) is 0.583. The molecule has 2 bridgehead atoms. The molecule has 0 spiro atoms. The van der Waals surface area contributed by atoms with Crippen molar-refractivity contribution in [3.8, 4) is 5.75 Å². The molecule has 3 N–H and O–H groups in total. The molecule has 5 rings (SSSR count). The Morgan fingerprint density at radius 1 is 1.19 bits per heavy atom. The van der Waals surface area contributed by atoms with Crippen LogP contribution < -0.4 is 15.4 Å². The highest BCUT2D eigenvalue weighted by molar-refractivity contribution is 7.08. The monoisotopic (exact) mass is 483 g/mol. The summed E-state index contributed by atoms with van der Waals surface area (Å²) < 4.78 is 9.66. The van der Waals surface area contributed by atoms with Crippen LogP contribution in [0.3, 0.4) is 0 Å². The lowest BCUT2D eigenvalue weighted by Crippen LogP contribution is -2.70. The number of halogens is 2. The molecule has 3 aliphatic rings. The van der Waals surface area contributed by atoms with Crippen molar-refractivity contribution in [2.24, 2.45) is 0 Å². The summed E-state index contributed by atoms with van der Waals surface area (Å²) in [6, 6.07) is 6.55. The lowest BCUT2D eigenvalue weighted by molar-refractivity contribution is -0.132. The molecule has 1 heterocycles. The molecular formula is C21H23Cl2N3O4S. The molecule has 0 saturated heterocycles. The van der Waals surface area contributed by atoms with Crippen LogP contribution >= 0.6 is 34.7 Å². The number of rotatable bonds is 6. The van der Waals surface area contributed by atoms with Gasteiger partial charge in [-0.1, -0.05) is 23.2 Å². The summed E-state index contributed by atoms with van der Waals surface area (Å²) in [5.41, 5.74) is -0.354. The van der Waals surface area contributed by atoms with Gasteiger partial charge in [0, 0.05) is 11.6 Å². The van der Waals surface area contributed by atoms with E-state index >= 15 is 0 Å². The highest BCUT2D eigenvalue weighted by Crippen LogP contribution is 2.47. The fourth-order valence-electron chi connectivity index (χ4n) is 4.46. The van der Waals surface area contributed by atoms with E-state index in [-0.39, 0.29) is 18.4 Å². The van der Waals surface area contributed by atoms with Crippen molar-refractivity contribution in [2.75, 3.05) is 6.61 Å². The van der Waals surface area contributed by atoms with Gasteiger partial charge in [-0.3, -0.25) is 9.59 Å². The molecule has 2 aromatic rings. The Labute approximate surface area is 194 Å². The van der Waals surface area contributed by atoms with Crippen LogP contribution in [-0.2, 0) is 4.79 Å². The van der Waals surface area contributed by atoms with Crippen LogP contribution in [0.4, 0.5) is 0 Å². The highest BCUT2D eigenvalue weighted by atomic mass is 35.5. The second-order valence-corrected chi connectivity index (χ2v) is 9.98. The predicted molar refractivity (Wildman–Crippen MR) is 119 cm³/mol. The van der Waals surface area contributed by atoms with Gasteiger partial charge in [0.1, 0.15) is 10.6 Å². The van der Waals surface area contributed by atoms with Crippen molar-refractivity contribution in [1.82, 2.24) is 15.0 Å². The first-order valence-electron chi connectivity index (χ1n) is 10.0. The van der Waals surface area contributed by atoms with Gasteiger partial charge in [-0.25, -0.2) is 0 Å². The summed E-state index contributed by atoms with van der Waals surface area (Å²) >= 11 is 13.0. The predicted octanol–water partition coefficient (Wildman–Crippen LogP) is 3.50. The third-order valence-corrected chi connectivity index (χ3v) is 7.82. The van der Waals surface area contributed by atoms with Gasteiger partial charge >= 0.3 is 0 Å². The van der Waals surface area contributed by atoms with Crippen molar-refractivity contribution in [2.45, 2.75) is 56.2 Å². The number of hydrogen-bond donors (Lipinski definition) is 3. The van der Waals surface area contributed by atoms with E-state index in [1.54, 1.807) is 24.3 Å². The fraction of sp³-hybridized carbons (Fsp3) is 0.476. The summed E-state index contributed by atoms with van der Waals surface area (Å²) in [6.07, 6.45) is 2.16. The van der Waals surface area contributed by atoms with E-state index in [0.29, 0.717) is 52.8 Å². The molecule has 0 radical (unpaired) electrons. The first-order chi connectivity index (χ1) is 14.7. The lowest BCUT2D eigenvalue weighted by Gasteiger charge is -2.56. The first-order valence-corrected chi connectivity index (χ1v) is 11.6. The summed E-state index contributed by atoms with van der Waals surface area (Å²) in [5, 5.41) is 17.7. The van der Waals surface area contributed by atoms with Crippen molar-refractivity contribution >= 4 is 46.5 Å². The molecule has 0 aliphatic heterocycles. The minimum atomic E-state index is -0.757. The number of nitrogens with one attached hydrogen (secondary N) is 2. The van der Waals surface area contributed by atoms with Gasteiger partial charge in [0.15, 0.2) is 6.61 Å². The van der Waals surface area contributed by atoms with E-state index < -0.39 is 17.2 Å².